The van der Waals surface area contributed by atoms with Crippen LogP contribution in [0.2, 0.25) is 0 Å². The molecule has 576 valence electrons. The van der Waals surface area contributed by atoms with Crippen LogP contribution in [0.4, 0.5) is 0 Å². The van der Waals surface area contributed by atoms with Crippen molar-refractivity contribution in [3.05, 3.63) is 0 Å². The van der Waals surface area contributed by atoms with E-state index in [0.717, 1.165) is 103 Å². The minimum absolute atomic E-state index is 0.0502. The number of aliphatic carboxylic acids is 2. The number of rotatable bonds is 34. The van der Waals surface area contributed by atoms with Gasteiger partial charge in [-0.05, 0) is 73.3 Å². The lowest BCUT2D eigenvalue weighted by atomic mass is 9.84. The molecule has 30 nitrogen and oxygen atoms in total. The average Bonchev–Trinajstić information content (AvgIpc) is 0.980. The predicted octanol–water partition coefficient (Wildman–Crippen LogP) is 5.18. The summed E-state index contributed by atoms with van der Waals surface area (Å²) in [6, 6.07) is -3.35. The highest BCUT2D eigenvalue weighted by Gasteiger charge is 2.42. The summed E-state index contributed by atoms with van der Waals surface area (Å²) >= 11 is 0. The maximum Gasteiger partial charge on any atom is 0.326 e. The maximum atomic E-state index is 13.2. The molecule has 0 bridgehead atoms. The van der Waals surface area contributed by atoms with Gasteiger partial charge < -0.3 is 51.1 Å². The van der Waals surface area contributed by atoms with E-state index in [-0.39, 0.29) is 62.6 Å². The first-order valence-electron chi connectivity index (χ1n) is 35.7. The third-order valence-electron chi connectivity index (χ3n) is 18.8. The Balaban J connectivity index is 0.000000672. The van der Waals surface area contributed by atoms with Gasteiger partial charge >= 0.3 is 11.9 Å². The first kappa shape index (κ1) is 91.4. The van der Waals surface area contributed by atoms with Crippen LogP contribution in [-0.4, -0.2) is 261 Å². The molecule has 0 unspecified atom stereocenters. The van der Waals surface area contributed by atoms with Crippen molar-refractivity contribution >= 4 is 73.0 Å². The molecule has 4 rings (SSSR count). The summed E-state index contributed by atoms with van der Waals surface area (Å²) in [5, 5.41) is 69.2. The molecule has 10 amide bonds. The first-order chi connectivity index (χ1) is 46.5. The molecule has 0 aromatic carbocycles. The Morgan fingerprint density at radius 2 is 0.630 bits per heavy atom. The summed E-state index contributed by atoms with van der Waals surface area (Å²) in [6.07, 6.45) is 15.3. The van der Waals surface area contributed by atoms with Crippen LogP contribution in [0, 0.1) is 57.2 Å². The number of hydroxylamine groups is 8. The van der Waals surface area contributed by atoms with Gasteiger partial charge in [-0.2, -0.15) is 0 Å². The number of likely N-dealkylation sites (N-methyl/N-ethyl adjacent to an activating group) is 2. The number of unbranched alkanes of at least 4 members (excludes halogenated alkanes) is 2. The van der Waals surface area contributed by atoms with Gasteiger partial charge in [-0.15, -0.1) is 0 Å². The van der Waals surface area contributed by atoms with Crippen molar-refractivity contribution in [1.82, 2.24) is 61.1 Å². The molecule has 100 heavy (non-hydrogen) atoms. The summed E-state index contributed by atoms with van der Waals surface area (Å²) in [5.74, 6) is -5.33. The molecule has 0 aromatic heterocycles. The SMILES string of the molecule is CC(C)(C)[C@H](NC(=O)[C@H](CC1CCCC1)CN(O)C=O)C(=O)O.CCCC[C@H](CN(O)C=O)C(=O)N[C@H](C(=O)N1CCN(C)CC1)C(C)(C)C.CCCC[C@H](CN(O)C=O)C(=O)N[C@H](C(=O)O)C(C)(C)C.CN1CCN(C(=O)[C@@H](NC(=O)[C@H](CC2CCCC2)CN(O)C=O)C(C)(C)C)CC1. The monoisotopic (exact) mass is 1420 g/mol. The first-order valence-corrected chi connectivity index (χ1v) is 35.7. The molecule has 2 heterocycles. The van der Waals surface area contributed by atoms with Crippen LogP contribution >= 0.6 is 0 Å². The van der Waals surface area contributed by atoms with E-state index < -0.39 is 93.3 Å². The molecular formula is C70H128N12O18. The minimum atomic E-state index is -1.11. The number of nitrogens with zero attached hydrogens (tertiary/aromatic N) is 8. The standard InChI is InChI=1S/C21H38N4O4.C19H36N4O4.C16H28N2O5.C14H26N2O5/c1-21(2,3)18(20(28)24-11-9-23(4)10-12-24)22-19(27)17(14-25(29)15-26)13-16-7-5-6-8-16;1-6-7-8-15(13-23(27)14-24)17(25)20-16(19(2,3)4)18(26)22-11-9-21(5)10-12-22;1-16(2,3)13(15(21)22)17-14(20)12(9-18(23)10-19)8-11-6-4-5-7-11;1-5-6-7-10(8-16(21)9-17)12(18)15-11(13(19)20)14(2,3)4/h15-18,29H,5-14H2,1-4H3,(H,22,27);14-16,27H,6-13H2,1-5H3,(H,20,25);10-13,23H,4-9H2,1-3H3,(H,17,20)(H,21,22);9-11,21H,5-8H2,1-4H3,(H,15,18)(H,19,20)/t17-,18-;15-,16-;12-,13-;10-,11-/m1111/s1. The highest BCUT2D eigenvalue weighted by atomic mass is 16.5. The van der Waals surface area contributed by atoms with E-state index >= 15 is 0 Å². The Kier molecular flexibility index (Phi) is 40.9. The van der Waals surface area contributed by atoms with E-state index in [1.807, 2.05) is 74.4 Å². The van der Waals surface area contributed by atoms with Crippen molar-refractivity contribution in [3.63, 3.8) is 0 Å². The molecule has 4 aliphatic rings. The summed E-state index contributed by atoms with van der Waals surface area (Å²) < 4.78 is 0. The molecule has 2 saturated heterocycles. The molecular weight excluding hydrogens is 1300 g/mol. The van der Waals surface area contributed by atoms with Crippen molar-refractivity contribution in [2.24, 2.45) is 57.2 Å². The Morgan fingerprint density at radius 3 is 0.850 bits per heavy atom. The van der Waals surface area contributed by atoms with Crippen molar-refractivity contribution in [1.29, 1.82) is 0 Å². The molecule has 10 N–H and O–H groups in total. The van der Waals surface area contributed by atoms with Crippen LogP contribution in [0.25, 0.3) is 0 Å². The molecule has 30 heteroatoms. The van der Waals surface area contributed by atoms with Gasteiger partial charge in [0, 0.05) is 52.4 Å². The molecule has 0 radical (unpaired) electrons. The summed E-state index contributed by atoms with van der Waals surface area (Å²) in [5.41, 5.74) is -2.17. The number of amides is 10. The number of carboxylic acid groups (broad SMARTS) is 2. The summed E-state index contributed by atoms with van der Waals surface area (Å²) in [6.45, 7) is 31.4. The quantitative estimate of drug-likeness (QED) is 0.0225. The number of piperazine rings is 2. The normalized spacial score (nSPS) is 18.1. The van der Waals surface area contributed by atoms with Gasteiger partial charge in [0.2, 0.25) is 61.1 Å². The Hall–Kier alpha value is -6.60. The third kappa shape index (κ3) is 34.4. The average molecular weight is 1430 g/mol. The van der Waals surface area contributed by atoms with E-state index in [9.17, 15) is 88.6 Å². The zero-order chi connectivity index (χ0) is 76.5. The Bertz CT molecular complexity index is 2530. The minimum Gasteiger partial charge on any atom is -0.480 e. The lowest BCUT2D eigenvalue weighted by molar-refractivity contribution is -0.156. The van der Waals surface area contributed by atoms with E-state index in [1.54, 1.807) is 46.4 Å². The predicted molar refractivity (Wildman–Crippen MR) is 373 cm³/mol. The zero-order valence-electron chi connectivity index (χ0n) is 63.0. The van der Waals surface area contributed by atoms with Crippen LogP contribution in [0.15, 0.2) is 0 Å². The summed E-state index contributed by atoms with van der Waals surface area (Å²) in [4.78, 5) is 150. The second-order valence-corrected chi connectivity index (χ2v) is 31.9. The van der Waals surface area contributed by atoms with Gasteiger partial charge in [0.05, 0.1) is 49.9 Å². The number of hydrogen-bond donors (Lipinski definition) is 10. The van der Waals surface area contributed by atoms with Crippen LogP contribution in [-0.2, 0) is 57.5 Å². The van der Waals surface area contributed by atoms with Gasteiger partial charge in [-0.25, -0.2) is 29.8 Å². The highest BCUT2D eigenvalue weighted by Crippen LogP contribution is 2.33. The number of carbonyl (C=O) groups is 12. The number of hydrogen-bond acceptors (Lipinski definition) is 18. The third-order valence-corrected chi connectivity index (χ3v) is 18.8. The lowest BCUT2D eigenvalue weighted by Crippen LogP contribution is -2.59. The van der Waals surface area contributed by atoms with E-state index in [2.05, 4.69) is 31.1 Å². The van der Waals surface area contributed by atoms with Crippen LogP contribution in [0.3, 0.4) is 0 Å². The molecule has 0 aromatic rings. The van der Waals surface area contributed by atoms with E-state index in [0.29, 0.717) is 96.8 Å². The van der Waals surface area contributed by atoms with Crippen molar-refractivity contribution in [3.8, 4) is 0 Å². The largest absolute Gasteiger partial charge is 0.480 e. The van der Waals surface area contributed by atoms with Gasteiger partial charge in [-0.1, -0.05) is 174 Å². The van der Waals surface area contributed by atoms with E-state index in [4.69, 9.17) is 0 Å². The van der Waals surface area contributed by atoms with Crippen LogP contribution in [0.1, 0.15) is 200 Å². The topological polar surface area (TPSA) is 400 Å². The number of carboxylic acids is 2. The second-order valence-electron chi connectivity index (χ2n) is 31.9. The molecule has 2 aliphatic carbocycles. The fourth-order valence-electron chi connectivity index (χ4n) is 12.5. The molecule has 2 saturated carbocycles. The van der Waals surface area contributed by atoms with Crippen molar-refractivity contribution in [2.45, 2.75) is 224 Å². The molecule has 2 aliphatic heterocycles. The van der Waals surface area contributed by atoms with Crippen molar-refractivity contribution in [2.75, 3.05) is 92.6 Å². The van der Waals surface area contributed by atoms with Gasteiger partial charge in [0.15, 0.2) is 0 Å². The molecule has 4 fully saturated rings. The molecule has 8 atom stereocenters. The number of nitrogens with one attached hydrogen (secondary N) is 4. The van der Waals surface area contributed by atoms with Crippen molar-refractivity contribution < 1.29 is 88.6 Å². The van der Waals surface area contributed by atoms with Crippen LogP contribution in [0.5, 0.6) is 0 Å². The molecule has 0 spiro atoms. The van der Waals surface area contributed by atoms with Crippen LogP contribution < -0.4 is 21.3 Å². The van der Waals surface area contributed by atoms with Gasteiger partial charge in [0.25, 0.3) is 0 Å². The fourth-order valence-corrected chi connectivity index (χ4v) is 12.5. The maximum absolute atomic E-state index is 13.2. The smallest absolute Gasteiger partial charge is 0.326 e. The van der Waals surface area contributed by atoms with Gasteiger partial charge in [0.1, 0.15) is 24.2 Å². The Labute approximate surface area is 594 Å². The van der Waals surface area contributed by atoms with E-state index in [1.165, 1.54) is 0 Å². The number of carbonyl (C=O) groups excluding carboxylic acids is 10. The second kappa shape index (κ2) is 44.7. The fraction of sp³-hybridized carbons (Fsp3) is 0.829. The zero-order valence-corrected chi connectivity index (χ0v) is 63.0. The summed E-state index contributed by atoms with van der Waals surface area (Å²) in [7, 11) is 4.06. The lowest BCUT2D eigenvalue weighted by Gasteiger charge is -2.39. The Morgan fingerprint density at radius 1 is 0.400 bits per heavy atom. The highest BCUT2D eigenvalue weighted by molar-refractivity contribution is 5.91. The van der Waals surface area contributed by atoms with Gasteiger partial charge in [-0.3, -0.25) is 68.8 Å².